The lowest BCUT2D eigenvalue weighted by Gasteiger charge is -2.32. The molecule has 0 fully saturated rings. The second-order valence-electron chi connectivity index (χ2n) is 39.7. The molecular weight excluding hydrogens is 1710 g/mol. The zero-order valence-corrected chi connectivity index (χ0v) is 92.3. The molecule has 0 unspecified atom stereocenters. The van der Waals surface area contributed by atoms with Crippen LogP contribution in [-0.4, -0.2) is 231 Å². The fraction of sp³-hybridized carbons (Fsp3) is 0.750. The van der Waals surface area contributed by atoms with E-state index in [1.807, 2.05) is 0 Å². The Labute approximate surface area is 797 Å². The maximum Gasteiger partial charge on any atom is 0.0798 e. The summed E-state index contributed by atoms with van der Waals surface area (Å²) in [6.07, 6.45) is 11.8. The van der Waals surface area contributed by atoms with Crippen LogP contribution in [0.3, 0.4) is 0 Å². The van der Waals surface area contributed by atoms with Crippen LogP contribution in [0.15, 0.2) is 0 Å². The zero-order chi connectivity index (χ0) is 93.0. The Morgan fingerprint density at radius 3 is 0.558 bits per heavy atom. The monoisotopic (exact) mass is 1870 g/mol. The molecule has 6 rings (SSSR count). The molecule has 684 valence electrons. The molecule has 0 radical (unpaired) electrons. The summed E-state index contributed by atoms with van der Waals surface area (Å²) in [5, 5.41) is 0. The highest BCUT2D eigenvalue weighted by Gasteiger charge is 2.34. The summed E-state index contributed by atoms with van der Waals surface area (Å²) in [7, 11) is 21.4. The molecule has 0 saturated carbocycles. The average molecular weight is 1880 g/mol. The molecule has 0 atom stereocenters. The molecule has 24 heteroatoms. The van der Waals surface area contributed by atoms with Crippen LogP contribution < -0.4 is 29.4 Å². The minimum atomic E-state index is 0.0828. The van der Waals surface area contributed by atoms with Gasteiger partial charge in [-0.1, -0.05) is 327 Å². The number of nitrogens with zero attached hydrogens (tertiary/aromatic N) is 12. The summed E-state index contributed by atoms with van der Waals surface area (Å²) in [6, 6.07) is 0. The molecule has 0 heterocycles. The Bertz CT molecular complexity index is 4500. The Morgan fingerprint density at radius 2 is 0.367 bits per heavy atom. The maximum atomic E-state index is 5.48. The SMILES string of the molecule is CCCN(C)CCCN(C)c1c(C(C)(C)C)c(=S)c1=S.CCCN(CC)CCCN(C)c1c(C(C)(C)C)c(=S)c1=S.CCCN(CCC)CCCN(C)c1c(C(C)(C)C)c(=S)c1=S.CCN(C)CCCN(C)c1c(C(C)(C)C)c(=S)c1=S.CCN(CC)CCCN(C)c1c(C(C)(C)C)c(=S)c1=S.CN(C)CCCN(C)c1c(C(C)(C)C)c(=S)c1=S. The summed E-state index contributed by atoms with van der Waals surface area (Å²) in [5.74, 6) is 0. The molecule has 0 amide bonds. The van der Waals surface area contributed by atoms with Gasteiger partial charge in [-0.25, -0.2) is 0 Å². The zero-order valence-electron chi connectivity index (χ0n) is 82.5. The highest BCUT2D eigenvalue weighted by atomic mass is 32.1. The van der Waals surface area contributed by atoms with Crippen LogP contribution in [-0.2, 0) is 32.5 Å². The van der Waals surface area contributed by atoms with E-state index in [-0.39, 0.29) is 32.5 Å². The number of hydrogen-bond donors (Lipinski definition) is 0. The van der Waals surface area contributed by atoms with Crippen LogP contribution in [0.4, 0.5) is 34.1 Å². The molecular formula is C96H168N12S12. The standard InChI is InChI=1S/C18H32N2S2.C17H30N2S2.2C16H28N2S2.C15H26N2S2.C14H24N2S2/c1-7-10-20(11-8-2)13-9-12-19(6)15-14(18(3,4)5)16(21)17(15)22;1-7-10-19(8-2)12-9-11-18(6)14-13(17(3,4)5)15(20)16(14)21;1-7-9-17(5)10-8-11-18(6)13-12(16(2,3)4)14(19)15(13)20;1-7-18(8-2)11-9-10-17(6)13-12(16(3,4)5)14(19)15(13)20;1-7-16(5)9-8-10-17(6)12-11(15(2,3)4)13(18)14(12)19;1-14(2,3)10-11(13(18)12(10)17)16(6)9-7-8-15(4)5/h7-13H2,1-6H3;7-12H2,1-6H3;2*7-11H2,1-6H3;7-10H2,1-6H3;7-9H2,1-6H3. The summed E-state index contributed by atoms with van der Waals surface area (Å²) < 4.78 is 10.7. The normalized spacial score (nSPS) is 12.3. The van der Waals surface area contributed by atoms with Gasteiger partial charge in [0.15, 0.2) is 0 Å². The van der Waals surface area contributed by atoms with Crippen molar-refractivity contribution in [3.8, 4) is 0 Å². The Morgan fingerprint density at radius 1 is 0.183 bits per heavy atom. The first-order chi connectivity index (χ1) is 55.3. The molecule has 6 aromatic rings. The van der Waals surface area contributed by atoms with Crippen LogP contribution >= 0.6 is 147 Å². The van der Waals surface area contributed by atoms with E-state index < -0.39 is 0 Å². The van der Waals surface area contributed by atoms with Crippen molar-refractivity contribution < 1.29 is 0 Å². The van der Waals surface area contributed by atoms with Crippen molar-refractivity contribution in [2.24, 2.45) is 0 Å². The first kappa shape index (κ1) is 116. The molecule has 0 aliphatic rings. The predicted octanol–water partition coefficient (Wildman–Crippen LogP) is 26.9. The van der Waals surface area contributed by atoms with Crippen LogP contribution in [0, 0.1) is 54.1 Å². The number of rotatable bonds is 42. The Balaban J connectivity index is 0.000000721. The third-order valence-corrected chi connectivity index (χ3v) is 27.9. The molecule has 0 N–H and O–H groups in total. The van der Waals surface area contributed by atoms with Crippen molar-refractivity contribution in [1.29, 1.82) is 0 Å². The first-order valence-corrected chi connectivity index (χ1v) is 49.6. The minimum absolute atomic E-state index is 0.0828. The highest BCUT2D eigenvalue weighted by molar-refractivity contribution is 7.75. The maximum absolute atomic E-state index is 5.48. The van der Waals surface area contributed by atoms with Gasteiger partial charge in [0.05, 0.1) is 88.2 Å². The van der Waals surface area contributed by atoms with Gasteiger partial charge in [0, 0.05) is 115 Å². The fourth-order valence-electron chi connectivity index (χ4n) is 15.6. The summed E-state index contributed by atoms with van der Waals surface area (Å²) >= 11 is 65.2. The van der Waals surface area contributed by atoms with E-state index in [4.69, 9.17) is 147 Å². The molecule has 6 aromatic carbocycles. The molecule has 0 spiro atoms. The molecule has 0 aromatic heterocycles. The van der Waals surface area contributed by atoms with Gasteiger partial charge in [-0.2, -0.15) is 0 Å². The third kappa shape index (κ3) is 34.8. The Hall–Kier alpha value is -1.92. The van der Waals surface area contributed by atoms with Crippen molar-refractivity contribution in [3.05, 3.63) is 87.5 Å². The van der Waals surface area contributed by atoms with E-state index in [9.17, 15) is 0 Å². The van der Waals surface area contributed by atoms with Gasteiger partial charge in [0.1, 0.15) is 0 Å². The van der Waals surface area contributed by atoms with Crippen LogP contribution in [0.2, 0.25) is 0 Å². The van der Waals surface area contributed by atoms with E-state index in [1.54, 1.807) is 0 Å². The number of hydrogen-bond acceptors (Lipinski definition) is 24. The topological polar surface area (TPSA) is 38.9 Å². The molecule has 0 bridgehead atoms. The van der Waals surface area contributed by atoms with Crippen LogP contribution in [0.1, 0.15) is 278 Å². The second kappa shape index (κ2) is 53.3. The van der Waals surface area contributed by atoms with Gasteiger partial charge in [-0.3, -0.25) is 0 Å². The van der Waals surface area contributed by atoms with Gasteiger partial charge >= 0.3 is 0 Å². The van der Waals surface area contributed by atoms with Gasteiger partial charge in [0.2, 0.25) is 0 Å². The van der Waals surface area contributed by atoms with E-state index in [1.165, 1.54) is 139 Å². The van der Waals surface area contributed by atoms with Crippen molar-refractivity contribution in [3.63, 3.8) is 0 Å². The van der Waals surface area contributed by atoms with Crippen molar-refractivity contribution >= 4 is 181 Å². The van der Waals surface area contributed by atoms with Gasteiger partial charge in [-0.15, -0.1) is 0 Å². The largest absolute Gasteiger partial charge is 0.373 e. The Kier molecular flexibility index (Phi) is 51.5. The average Bonchev–Trinajstić information content (AvgIpc) is 0.784. The van der Waals surface area contributed by atoms with E-state index in [2.05, 4.69) is 309 Å². The predicted molar refractivity (Wildman–Crippen MR) is 569 cm³/mol. The molecule has 12 nitrogen and oxygen atoms in total. The van der Waals surface area contributed by atoms with E-state index in [0.717, 1.165) is 178 Å². The first-order valence-electron chi connectivity index (χ1n) is 44.7. The van der Waals surface area contributed by atoms with Crippen molar-refractivity contribution in [2.45, 2.75) is 277 Å². The lowest BCUT2D eigenvalue weighted by atomic mass is 9.83. The van der Waals surface area contributed by atoms with Gasteiger partial charge in [-0.05, 0) is 217 Å². The quantitative estimate of drug-likeness (QED) is 0.0341. The number of anilines is 6. The molecule has 0 saturated heterocycles. The molecule has 120 heavy (non-hydrogen) atoms. The lowest BCUT2D eigenvalue weighted by molar-refractivity contribution is 0.272. The van der Waals surface area contributed by atoms with E-state index in [0.29, 0.717) is 0 Å². The highest BCUT2D eigenvalue weighted by Crippen LogP contribution is 2.45. The second-order valence-corrected chi connectivity index (χ2v) is 44.6. The van der Waals surface area contributed by atoms with E-state index >= 15 is 0 Å². The van der Waals surface area contributed by atoms with Crippen LogP contribution in [0.5, 0.6) is 0 Å². The smallest absolute Gasteiger partial charge is 0.0798 e. The summed E-state index contributed by atoms with van der Waals surface area (Å²) in [6.45, 7) is 79.8. The van der Waals surface area contributed by atoms with Gasteiger partial charge < -0.3 is 58.8 Å². The lowest BCUT2D eigenvalue weighted by Crippen LogP contribution is -2.31. The van der Waals surface area contributed by atoms with Gasteiger partial charge in [0.25, 0.3) is 0 Å². The molecule has 0 aliphatic heterocycles. The van der Waals surface area contributed by atoms with Crippen molar-refractivity contribution in [1.82, 2.24) is 29.4 Å². The summed E-state index contributed by atoms with van der Waals surface area (Å²) in [5.41, 5.74) is 15.3. The van der Waals surface area contributed by atoms with Crippen molar-refractivity contribution in [2.75, 3.05) is 231 Å². The fourth-order valence-corrected chi connectivity index (χ4v) is 20.7. The molecule has 0 aliphatic carbocycles. The minimum Gasteiger partial charge on any atom is -0.373 e. The van der Waals surface area contributed by atoms with Crippen LogP contribution in [0.25, 0.3) is 0 Å². The summed E-state index contributed by atoms with van der Waals surface area (Å²) in [4.78, 5) is 28.2. The third-order valence-electron chi connectivity index (χ3n) is 22.3.